The molecule has 0 aliphatic carbocycles. The fourth-order valence-corrected chi connectivity index (χ4v) is 3.12. The lowest BCUT2D eigenvalue weighted by Gasteiger charge is -2.28. The number of hydrogen-bond donors (Lipinski definition) is 1. The van der Waals surface area contributed by atoms with Crippen LogP contribution in [0, 0.1) is 11.8 Å². The molecular weight excluding hydrogens is 344 g/mol. The van der Waals surface area contributed by atoms with Gasteiger partial charge in [0.1, 0.15) is 11.5 Å². The van der Waals surface area contributed by atoms with Crippen LogP contribution in [0.5, 0.6) is 11.5 Å². The fourth-order valence-electron chi connectivity index (χ4n) is 3.12. The van der Waals surface area contributed by atoms with E-state index in [1.54, 1.807) is 69.7 Å². The van der Waals surface area contributed by atoms with Gasteiger partial charge in [-0.15, -0.1) is 5.92 Å². The average molecular weight is 364 g/mol. The van der Waals surface area contributed by atoms with Crippen molar-refractivity contribution in [3.8, 4) is 23.3 Å². The van der Waals surface area contributed by atoms with Crippen molar-refractivity contribution in [1.29, 1.82) is 0 Å². The minimum atomic E-state index is -1.33. The van der Waals surface area contributed by atoms with E-state index in [1.165, 1.54) is 0 Å². The van der Waals surface area contributed by atoms with Gasteiger partial charge in [-0.05, 0) is 42.3 Å². The lowest BCUT2D eigenvalue weighted by Crippen LogP contribution is -2.45. The number of nitrogens with one attached hydrogen (secondary N) is 1. The number of ether oxygens (including phenoxy) is 2. The highest BCUT2D eigenvalue weighted by Gasteiger charge is 2.53. The van der Waals surface area contributed by atoms with E-state index in [2.05, 4.69) is 17.2 Å². The molecule has 2 aromatic rings. The molecule has 6 heteroatoms. The van der Waals surface area contributed by atoms with Crippen molar-refractivity contribution in [2.75, 3.05) is 20.8 Å². The third-order valence-electron chi connectivity index (χ3n) is 4.57. The largest absolute Gasteiger partial charge is 0.497 e. The van der Waals surface area contributed by atoms with E-state index in [1.807, 2.05) is 0 Å². The lowest BCUT2D eigenvalue weighted by atomic mass is 9.82. The van der Waals surface area contributed by atoms with Gasteiger partial charge in [0, 0.05) is 0 Å². The zero-order valence-corrected chi connectivity index (χ0v) is 15.4. The first-order chi connectivity index (χ1) is 13.1. The lowest BCUT2D eigenvalue weighted by molar-refractivity contribution is -0.129. The first-order valence-corrected chi connectivity index (χ1v) is 8.39. The van der Waals surface area contributed by atoms with Crippen LogP contribution in [0.4, 0.5) is 4.79 Å². The summed E-state index contributed by atoms with van der Waals surface area (Å²) in [4.78, 5) is 27.1. The number of benzene rings is 2. The quantitative estimate of drug-likeness (QED) is 0.654. The van der Waals surface area contributed by atoms with E-state index in [9.17, 15) is 9.59 Å². The standard InChI is InChI=1S/C21H20N2O4/c1-4-5-14-23-19(24)21(22-20(23)25,15-6-10-17(26-2)11-7-15)16-8-12-18(27-3)13-9-16/h6-13H,14H2,1-3H3,(H,22,25). The Labute approximate surface area is 158 Å². The smallest absolute Gasteiger partial charge is 0.326 e. The van der Waals surface area contributed by atoms with Crippen LogP contribution in [0.2, 0.25) is 0 Å². The van der Waals surface area contributed by atoms with Gasteiger partial charge in [-0.3, -0.25) is 4.79 Å². The number of methoxy groups -OCH3 is 2. The van der Waals surface area contributed by atoms with Crippen molar-refractivity contribution in [1.82, 2.24) is 10.2 Å². The summed E-state index contributed by atoms with van der Waals surface area (Å²) in [6, 6.07) is 13.7. The second kappa shape index (κ2) is 7.42. The highest BCUT2D eigenvalue weighted by atomic mass is 16.5. The van der Waals surface area contributed by atoms with E-state index in [-0.39, 0.29) is 12.5 Å². The Bertz CT molecular complexity index is 860. The molecule has 0 radical (unpaired) electrons. The Balaban J connectivity index is 2.15. The molecule has 1 N–H and O–H groups in total. The van der Waals surface area contributed by atoms with Gasteiger partial charge in [0.05, 0.1) is 20.8 Å². The minimum Gasteiger partial charge on any atom is -0.497 e. The van der Waals surface area contributed by atoms with Gasteiger partial charge in [-0.1, -0.05) is 30.2 Å². The molecule has 0 saturated carbocycles. The summed E-state index contributed by atoms with van der Waals surface area (Å²) in [6.45, 7) is 1.70. The maximum absolute atomic E-state index is 13.4. The van der Waals surface area contributed by atoms with Gasteiger partial charge in [0.15, 0.2) is 5.54 Å². The summed E-state index contributed by atoms with van der Waals surface area (Å²) in [5.74, 6) is 6.45. The number of nitrogens with zero attached hydrogens (tertiary/aromatic N) is 1. The number of rotatable bonds is 5. The molecule has 2 aromatic carbocycles. The second-order valence-electron chi connectivity index (χ2n) is 5.96. The maximum atomic E-state index is 13.4. The average Bonchev–Trinajstić information content (AvgIpc) is 2.97. The van der Waals surface area contributed by atoms with Crippen molar-refractivity contribution in [3.05, 3.63) is 59.7 Å². The molecule has 3 rings (SSSR count). The number of urea groups is 1. The number of carbonyl (C=O) groups is 2. The molecule has 1 saturated heterocycles. The highest BCUT2D eigenvalue weighted by molar-refractivity contribution is 6.09. The van der Waals surface area contributed by atoms with Crippen molar-refractivity contribution >= 4 is 11.9 Å². The maximum Gasteiger partial charge on any atom is 0.326 e. The predicted octanol–water partition coefficient (Wildman–Crippen LogP) is 2.52. The summed E-state index contributed by atoms with van der Waals surface area (Å²) < 4.78 is 10.4. The Hall–Kier alpha value is -3.46. The van der Waals surface area contributed by atoms with Crippen LogP contribution in [-0.2, 0) is 10.3 Å². The number of imide groups is 1. The molecule has 0 bridgehead atoms. The molecule has 1 fully saturated rings. The minimum absolute atomic E-state index is 0.0369. The highest BCUT2D eigenvalue weighted by Crippen LogP contribution is 2.37. The van der Waals surface area contributed by atoms with Crippen LogP contribution in [0.25, 0.3) is 0 Å². The van der Waals surface area contributed by atoms with Crippen LogP contribution in [-0.4, -0.2) is 37.6 Å². The number of amides is 3. The molecular formula is C21H20N2O4. The van der Waals surface area contributed by atoms with Gasteiger partial charge in [0.25, 0.3) is 5.91 Å². The zero-order valence-electron chi connectivity index (χ0n) is 15.4. The summed E-state index contributed by atoms with van der Waals surface area (Å²) >= 11 is 0. The molecule has 0 spiro atoms. The van der Waals surface area contributed by atoms with E-state index < -0.39 is 11.6 Å². The third kappa shape index (κ3) is 3.08. The van der Waals surface area contributed by atoms with Crippen molar-refractivity contribution in [2.24, 2.45) is 0 Å². The molecule has 0 unspecified atom stereocenters. The topological polar surface area (TPSA) is 67.9 Å². The van der Waals surface area contributed by atoms with Gasteiger partial charge in [-0.2, -0.15) is 0 Å². The second-order valence-corrected chi connectivity index (χ2v) is 5.96. The first kappa shape index (κ1) is 18.3. The third-order valence-corrected chi connectivity index (χ3v) is 4.57. The van der Waals surface area contributed by atoms with Crippen molar-refractivity contribution in [2.45, 2.75) is 12.5 Å². The Kier molecular flexibility index (Phi) is 5.04. The van der Waals surface area contributed by atoms with Crippen LogP contribution >= 0.6 is 0 Å². The Morgan fingerprint density at radius 1 is 0.926 bits per heavy atom. The monoisotopic (exact) mass is 364 g/mol. The Morgan fingerprint density at radius 2 is 1.41 bits per heavy atom. The summed E-state index contributed by atoms with van der Waals surface area (Å²) in [5, 5.41) is 2.87. The normalized spacial score (nSPS) is 15.0. The van der Waals surface area contributed by atoms with E-state index in [4.69, 9.17) is 9.47 Å². The molecule has 138 valence electrons. The molecule has 1 aliphatic rings. The molecule has 27 heavy (non-hydrogen) atoms. The van der Waals surface area contributed by atoms with E-state index in [0.29, 0.717) is 22.6 Å². The van der Waals surface area contributed by atoms with Gasteiger partial charge < -0.3 is 14.8 Å². The number of hydrogen-bond acceptors (Lipinski definition) is 4. The van der Waals surface area contributed by atoms with E-state index in [0.717, 1.165) is 4.90 Å². The van der Waals surface area contributed by atoms with E-state index >= 15 is 0 Å². The molecule has 0 atom stereocenters. The molecule has 3 amide bonds. The van der Waals surface area contributed by atoms with Crippen LogP contribution in [0.3, 0.4) is 0 Å². The Morgan fingerprint density at radius 3 is 1.81 bits per heavy atom. The van der Waals surface area contributed by atoms with Crippen LogP contribution in [0.15, 0.2) is 48.5 Å². The molecule has 0 aromatic heterocycles. The van der Waals surface area contributed by atoms with Crippen LogP contribution in [0.1, 0.15) is 18.1 Å². The van der Waals surface area contributed by atoms with Gasteiger partial charge in [0.2, 0.25) is 0 Å². The molecule has 1 aliphatic heterocycles. The SMILES string of the molecule is CC#CCN1C(=O)NC(c2ccc(OC)cc2)(c2ccc(OC)cc2)C1=O. The van der Waals surface area contributed by atoms with Gasteiger partial charge in [-0.25, -0.2) is 9.69 Å². The van der Waals surface area contributed by atoms with Gasteiger partial charge >= 0.3 is 6.03 Å². The molecule has 1 heterocycles. The summed E-state index contributed by atoms with van der Waals surface area (Å²) in [6.07, 6.45) is 0. The van der Waals surface area contributed by atoms with Crippen LogP contribution < -0.4 is 14.8 Å². The first-order valence-electron chi connectivity index (χ1n) is 8.39. The van der Waals surface area contributed by atoms with Crippen molar-refractivity contribution in [3.63, 3.8) is 0 Å². The number of carbonyl (C=O) groups excluding carboxylic acids is 2. The zero-order chi connectivity index (χ0) is 19.4. The predicted molar refractivity (Wildman–Crippen MR) is 100 cm³/mol. The fraction of sp³-hybridized carbons (Fsp3) is 0.238. The summed E-state index contributed by atoms with van der Waals surface area (Å²) in [7, 11) is 3.14. The summed E-state index contributed by atoms with van der Waals surface area (Å²) in [5.41, 5.74) is -0.0528. The van der Waals surface area contributed by atoms with Crippen molar-refractivity contribution < 1.29 is 19.1 Å². The molecule has 6 nitrogen and oxygen atoms in total.